The fourth-order valence-electron chi connectivity index (χ4n) is 1.47. The number of aryl methyl sites for hydroxylation is 2. The smallest absolute Gasteiger partial charge is 0.106 e. The van der Waals surface area contributed by atoms with Crippen LogP contribution in [0.4, 0.5) is 0 Å². The molecule has 0 aliphatic carbocycles. The molecule has 4 nitrogen and oxygen atoms in total. The SMILES string of the molecule is Cc1n[nH]c(C)c1CNCc1nccs1. The fourth-order valence-corrected chi connectivity index (χ4v) is 2.06. The predicted molar refractivity (Wildman–Crippen MR) is 60.7 cm³/mol. The minimum absolute atomic E-state index is 0.821. The summed E-state index contributed by atoms with van der Waals surface area (Å²) in [5, 5.41) is 13.6. The van der Waals surface area contributed by atoms with Crippen LogP contribution in [0.5, 0.6) is 0 Å². The summed E-state index contributed by atoms with van der Waals surface area (Å²) in [7, 11) is 0. The number of aromatic nitrogens is 3. The molecule has 0 aliphatic rings. The van der Waals surface area contributed by atoms with Gasteiger partial charge in [-0.1, -0.05) is 0 Å². The van der Waals surface area contributed by atoms with Crippen LogP contribution < -0.4 is 5.32 Å². The molecule has 0 radical (unpaired) electrons. The molecule has 0 amide bonds. The van der Waals surface area contributed by atoms with E-state index >= 15 is 0 Å². The highest BCUT2D eigenvalue weighted by atomic mass is 32.1. The third-order valence-electron chi connectivity index (χ3n) is 2.34. The lowest BCUT2D eigenvalue weighted by Gasteiger charge is -2.02. The lowest BCUT2D eigenvalue weighted by atomic mass is 10.2. The number of nitrogens with one attached hydrogen (secondary N) is 2. The number of hydrogen-bond acceptors (Lipinski definition) is 4. The Morgan fingerprint density at radius 3 is 2.87 bits per heavy atom. The van der Waals surface area contributed by atoms with E-state index in [-0.39, 0.29) is 0 Å². The minimum atomic E-state index is 0.821. The van der Waals surface area contributed by atoms with Crippen LogP contribution in [0.1, 0.15) is 22.0 Å². The second kappa shape index (κ2) is 4.55. The predicted octanol–water partition coefficient (Wildman–Crippen LogP) is 1.77. The van der Waals surface area contributed by atoms with E-state index in [4.69, 9.17) is 0 Å². The van der Waals surface area contributed by atoms with Crippen molar-refractivity contribution in [2.45, 2.75) is 26.9 Å². The Bertz CT molecular complexity index is 399. The summed E-state index contributed by atoms with van der Waals surface area (Å²) in [5.74, 6) is 0. The van der Waals surface area contributed by atoms with Crippen molar-refractivity contribution in [1.29, 1.82) is 0 Å². The van der Waals surface area contributed by atoms with Crippen molar-refractivity contribution in [2.75, 3.05) is 0 Å². The van der Waals surface area contributed by atoms with Gasteiger partial charge in [0.25, 0.3) is 0 Å². The molecular weight excluding hydrogens is 208 g/mol. The highest BCUT2D eigenvalue weighted by Crippen LogP contribution is 2.09. The minimum Gasteiger partial charge on any atom is -0.306 e. The van der Waals surface area contributed by atoms with Gasteiger partial charge in [0.15, 0.2) is 0 Å². The Balaban J connectivity index is 1.89. The van der Waals surface area contributed by atoms with Crippen molar-refractivity contribution in [3.05, 3.63) is 33.5 Å². The molecule has 0 unspecified atom stereocenters. The molecule has 2 N–H and O–H groups in total. The van der Waals surface area contributed by atoms with E-state index in [9.17, 15) is 0 Å². The first-order valence-electron chi connectivity index (χ1n) is 4.87. The van der Waals surface area contributed by atoms with E-state index in [0.717, 1.165) is 29.5 Å². The molecule has 5 heteroatoms. The lowest BCUT2D eigenvalue weighted by molar-refractivity contribution is 0.685. The Kier molecular flexibility index (Phi) is 3.13. The molecule has 0 saturated carbocycles. The van der Waals surface area contributed by atoms with Gasteiger partial charge in [0, 0.05) is 35.9 Å². The van der Waals surface area contributed by atoms with Crippen LogP contribution in [0.3, 0.4) is 0 Å². The Morgan fingerprint density at radius 1 is 1.40 bits per heavy atom. The number of nitrogens with zero attached hydrogens (tertiary/aromatic N) is 2. The highest BCUT2D eigenvalue weighted by molar-refractivity contribution is 7.09. The van der Waals surface area contributed by atoms with Gasteiger partial charge in [-0.25, -0.2) is 4.98 Å². The highest BCUT2D eigenvalue weighted by Gasteiger charge is 2.05. The third kappa shape index (κ3) is 2.43. The van der Waals surface area contributed by atoms with Crippen LogP contribution in [0.25, 0.3) is 0 Å². The first-order valence-corrected chi connectivity index (χ1v) is 5.75. The van der Waals surface area contributed by atoms with Crippen LogP contribution in [0.15, 0.2) is 11.6 Å². The quantitative estimate of drug-likeness (QED) is 0.829. The zero-order valence-corrected chi connectivity index (χ0v) is 9.69. The zero-order chi connectivity index (χ0) is 10.7. The molecule has 2 heterocycles. The maximum atomic E-state index is 4.21. The monoisotopic (exact) mass is 222 g/mol. The number of rotatable bonds is 4. The second-order valence-electron chi connectivity index (χ2n) is 3.44. The molecule has 2 aromatic heterocycles. The van der Waals surface area contributed by atoms with Gasteiger partial charge >= 0.3 is 0 Å². The second-order valence-corrected chi connectivity index (χ2v) is 4.42. The molecule has 0 bridgehead atoms. The molecule has 2 aromatic rings. The normalized spacial score (nSPS) is 10.8. The maximum absolute atomic E-state index is 4.21. The van der Waals surface area contributed by atoms with E-state index in [0.29, 0.717) is 0 Å². The number of H-pyrrole nitrogens is 1. The first-order chi connectivity index (χ1) is 7.27. The Morgan fingerprint density at radius 2 is 2.27 bits per heavy atom. The summed E-state index contributed by atoms with van der Waals surface area (Å²) < 4.78 is 0. The van der Waals surface area contributed by atoms with Crippen LogP contribution in [0, 0.1) is 13.8 Å². The maximum Gasteiger partial charge on any atom is 0.106 e. The summed E-state index contributed by atoms with van der Waals surface area (Å²) in [5.41, 5.74) is 3.46. The molecular formula is C10H14N4S. The number of aromatic amines is 1. The van der Waals surface area contributed by atoms with Gasteiger partial charge < -0.3 is 5.32 Å². The standard InChI is InChI=1S/C10H14N4S/c1-7-9(8(2)14-13-7)5-11-6-10-12-3-4-15-10/h3-4,11H,5-6H2,1-2H3,(H,13,14). The fraction of sp³-hybridized carbons (Fsp3) is 0.400. The van der Waals surface area contributed by atoms with Crippen LogP contribution >= 0.6 is 11.3 Å². The summed E-state index contributed by atoms with van der Waals surface area (Å²) in [6.45, 7) is 5.72. The van der Waals surface area contributed by atoms with Crippen molar-refractivity contribution < 1.29 is 0 Å². The van der Waals surface area contributed by atoms with E-state index < -0.39 is 0 Å². The third-order valence-corrected chi connectivity index (χ3v) is 3.12. The van der Waals surface area contributed by atoms with E-state index in [1.165, 1.54) is 5.56 Å². The summed E-state index contributed by atoms with van der Waals surface area (Å²) in [6.07, 6.45) is 1.83. The van der Waals surface area contributed by atoms with Crippen molar-refractivity contribution >= 4 is 11.3 Å². The Labute approximate surface area is 92.8 Å². The largest absolute Gasteiger partial charge is 0.306 e. The van der Waals surface area contributed by atoms with Gasteiger partial charge in [-0.2, -0.15) is 5.10 Å². The molecule has 2 rings (SSSR count). The number of hydrogen-bond donors (Lipinski definition) is 2. The van der Waals surface area contributed by atoms with Gasteiger partial charge in [-0.05, 0) is 13.8 Å². The summed E-state index contributed by atoms with van der Waals surface area (Å²) >= 11 is 1.67. The topological polar surface area (TPSA) is 53.6 Å². The van der Waals surface area contributed by atoms with Gasteiger partial charge in [-0.3, -0.25) is 5.10 Å². The molecule has 15 heavy (non-hydrogen) atoms. The average Bonchev–Trinajstić information content (AvgIpc) is 2.82. The van der Waals surface area contributed by atoms with E-state index in [1.54, 1.807) is 11.3 Å². The molecule has 0 fully saturated rings. The number of thiazole rings is 1. The van der Waals surface area contributed by atoms with Crippen molar-refractivity contribution in [3.63, 3.8) is 0 Å². The zero-order valence-electron chi connectivity index (χ0n) is 8.87. The van der Waals surface area contributed by atoms with Crippen molar-refractivity contribution in [2.24, 2.45) is 0 Å². The van der Waals surface area contributed by atoms with Gasteiger partial charge in [0.05, 0.1) is 5.69 Å². The Hall–Kier alpha value is -1.20. The van der Waals surface area contributed by atoms with Crippen LogP contribution in [-0.2, 0) is 13.1 Å². The average molecular weight is 222 g/mol. The lowest BCUT2D eigenvalue weighted by Crippen LogP contribution is -2.13. The molecule has 0 aromatic carbocycles. The summed E-state index contributed by atoms with van der Waals surface area (Å²) in [6, 6.07) is 0. The molecule has 0 aliphatic heterocycles. The first kappa shape index (κ1) is 10.3. The van der Waals surface area contributed by atoms with Gasteiger partial charge in [0.1, 0.15) is 5.01 Å². The van der Waals surface area contributed by atoms with E-state index in [2.05, 4.69) is 20.5 Å². The molecule has 0 atom stereocenters. The van der Waals surface area contributed by atoms with Crippen molar-refractivity contribution in [3.8, 4) is 0 Å². The molecule has 0 spiro atoms. The molecule has 0 saturated heterocycles. The van der Waals surface area contributed by atoms with Crippen LogP contribution in [0.2, 0.25) is 0 Å². The van der Waals surface area contributed by atoms with Gasteiger partial charge in [-0.15, -0.1) is 11.3 Å². The van der Waals surface area contributed by atoms with E-state index in [1.807, 2.05) is 25.4 Å². The van der Waals surface area contributed by atoms with Gasteiger partial charge in [0.2, 0.25) is 0 Å². The molecule has 80 valence electrons. The summed E-state index contributed by atoms with van der Waals surface area (Å²) in [4.78, 5) is 4.21. The van der Waals surface area contributed by atoms with Crippen LogP contribution in [-0.4, -0.2) is 15.2 Å². The van der Waals surface area contributed by atoms with Crippen molar-refractivity contribution in [1.82, 2.24) is 20.5 Å².